The Balaban J connectivity index is 1.51. The second-order valence-electron chi connectivity index (χ2n) is 7.70. The van der Waals surface area contributed by atoms with Gasteiger partial charge in [-0.05, 0) is 12.1 Å². The van der Waals surface area contributed by atoms with E-state index in [1.165, 1.54) is 13.3 Å². The van der Waals surface area contributed by atoms with Crippen LogP contribution in [-0.4, -0.2) is 72.4 Å². The Morgan fingerprint density at radius 2 is 1.82 bits per heavy atom. The van der Waals surface area contributed by atoms with Crippen molar-refractivity contribution in [1.82, 2.24) is 14.9 Å². The van der Waals surface area contributed by atoms with Crippen molar-refractivity contribution in [2.24, 2.45) is 0 Å². The van der Waals surface area contributed by atoms with Crippen molar-refractivity contribution in [3.05, 3.63) is 60.6 Å². The Morgan fingerprint density at radius 3 is 2.53 bits per heavy atom. The zero-order chi connectivity index (χ0) is 24.1. The second-order valence-corrected chi connectivity index (χ2v) is 7.70. The fraction of sp³-hybridized carbons (Fsp3) is 0.292. The summed E-state index contributed by atoms with van der Waals surface area (Å²) >= 11 is 0. The van der Waals surface area contributed by atoms with Crippen LogP contribution in [0.4, 0.5) is 11.5 Å². The lowest BCUT2D eigenvalue weighted by molar-refractivity contribution is 0.0558. The lowest BCUT2D eigenvalue weighted by atomic mass is 10.1. The van der Waals surface area contributed by atoms with E-state index in [0.717, 1.165) is 5.69 Å². The van der Waals surface area contributed by atoms with Crippen LogP contribution in [0.15, 0.2) is 54.9 Å². The third-order valence-electron chi connectivity index (χ3n) is 5.62. The van der Waals surface area contributed by atoms with Gasteiger partial charge in [0.2, 0.25) is 0 Å². The number of ether oxygens (including phenoxy) is 3. The zero-order valence-electron chi connectivity index (χ0n) is 19.0. The van der Waals surface area contributed by atoms with Crippen molar-refractivity contribution in [3.63, 3.8) is 0 Å². The number of nitrogens with two attached hydrogens (primary N) is 1. The first-order valence-corrected chi connectivity index (χ1v) is 10.8. The molecular weight excluding hydrogens is 438 g/mol. The molecule has 1 aliphatic heterocycles. The molecule has 2 aromatic heterocycles. The van der Waals surface area contributed by atoms with Gasteiger partial charge in [0.15, 0.2) is 11.5 Å². The molecule has 0 bridgehead atoms. The lowest BCUT2D eigenvalue weighted by Gasteiger charge is -2.41. The molecule has 34 heavy (non-hydrogen) atoms. The van der Waals surface area contributed by atoms with E-state index in [1.807, 2.05) is 35.2 Å². The van der Waals surface area contributed by atoms with Crippen LogP contribution in [0.1, 0.15) is 10.5 Å². The molecule has 0 radical (unpaired) electrons. The highest BCUT2D eigenvalue weighted by atomic mass is 16.5. The molecule has 1 saturated heterocycles. The number of hydrogen-bond acceptors (Lipinski definition) is 9. The fourth-order valence-corrected chi connectivity index (χ4v) is 3.88. The van der Waals surface area contributed by atoms with Gasteiger partial charge >= 0.3 is 0 Å². The second kappa shape index (κ2) is 10.3. The monoisotopic (exact) mass is 465 g/mol. The summed E-state index contributed by atoms with van der Waals surface area (Å²) in [6.07, 6.45) is 3.10. The highest BCUT2D eigenvalue weighted by Crippen LogP contribution is 2.33. The van der Waals surface area contributed by atoms with Gasteiger partial charge in [0.25, 0.3) is 5.91 Å². The normalized spacial score (nSPS) is 15.7. The van der Waals surface area contributed by atoms with E-state index in [0.29, 0.717) is 48.5 Å². The summed E-state index contributed by atoms with van der Waals surface area (Å²) in [5.74, 6) is 2.06. The summed E-state index contributed by atoms with van der Waals surface area (Å²) in [5.41, 5.74) is 6.72. The van der Waals surface area contributed by atoms with Crippen molar-refractivity contribution in [1.29, 1.82) is 0 Å². The Morgan fingerprint density at radius 1 is 1.06 bits per heavy atom. The van der Waals surface area contributed by atoms with Crippen LogP contribution in [0.25, 0.3) is 0 Å². The van der Waals surface area contributed by atoms with Crippen LogP contribution in [0.5, 0.6) is 23.0 Å². The number of benzene rings is 1. The summed E-state index contributed by atoms with van der Waals surface area (Å²) in [6, 6.07) is 12.0. The first-order valence-electron chi connectivity index (χ1n) is 10.8. The molecule has 1 fully saturated rings. The number of methoxy groups -OCH3 is 2. The number of nitrogen functional groups attached to an aromatic ring is 1. The topological polar surface area (TPSA) is 123 Å². The SMILES string of the molecule is COc1cc(C(=O)N2CCN(c3cnc(N)cc3OC)C[C@H]2CO)ncc1Oc1ccccc1. The van der Waals surface area contributed by atoms with Crippen molar-refractivity contribution in [2.75, 3.05) is 51.1 Å². The van der Waals surface area contributed by atoms with Crippen LogP contribution in [-0.2, 0) is 0 Å². The molecule has 3 aromatic rings. The number of rotatable bonds is 7. The third-order valence-corrected chi connectivity index (χ3v) is 5.62. The smallest absolute Gasteiger partial charge is 0.273 e. The maximum atomic E-state index is 13.3. The Hall–Kier alpha value is -4.05. The van der Waals surface area contributed by atoms with Crippen LogP contribution in [0.3, 0.4) is 0 Å². The van der Waals surface area contributed by atoms with Crippen LogP contribution < -0.4 is 24.8 Å². The van der Waals surface area contributed by atoms with Crippen LogP contribution in [0.2, 0.25) is 0 Å². The van der Waals surface area contributed by atoms with E-state index in [4.69, 9.17) is 19.9 Å². The molecule has 4 rings (SSSR count). The molecule has 0 saturated carbocycles. The van der Waals surface area contributed by atoms with E-state index >= 15 is 0 Å². The number of piperazine rings is 1. The molecule has 1 aliphatic rings. The van der Waals surface area contributed by atoms with Crippen molar-refractivity contribution >= 4 is 17.4 Å². The number of amides is 1. The minimum absolute atomic E-state index is 0.205. The van der Waals surface area contributed by atoms with Crippen LogP contribution >= 0.6 is 0 Å². The fourth-order valence-electron chi connectivity index (χ4n) is 3.88. The molecule has 1 aromatic carbocycles. The minimum Gasteiger partial charge on any atom is -0.494 e. The number of aromatic nitrogens is 2. The largest absolute Gasteiger partial charge is 0.494 e. The molecule has 178 valence electrons. The number of carbonyl (C=O) groups excluding carboxylic acids is 1. The zero-order valence-corrected chi connectivity index (χ0v) is 19.0. The third kappa shape index (κ3) is 4.81. The maximum absolute atomic E-state index is 13.3. The summed E-state index contributed by atoms with van der Waals surface area (Å²) in [7, 11) is 3.07. The van der Waals surface area contributed by atoms with Gasteiger partial charge in [0.1, 0.15) is 23.0 Å². The average Bonchev–Trinajstić information content (AvgIpc) is 2.88. The molecule has 1 amide bonds. The van der Waals surface area contributed by atoms with Gasteiger partial charge < -0.3 is 34.9 Å². The standard InChI is InChI=1S/C24H27N5O5/c1-32-20-11-23(25)27-12-19(20)28-8-9-29(16(14-28)15-30)24(31)18-10-21(33-2)22(13-26-18)34-17-6-4-3-5-7-17/h3-7,10-13,16,30H,8-9,14-15H2,1-2H3,(H2,25,27)/t16-/m0/s1. The number of aliphatic hydroxyl groups is 1. The quantitative estimate of drug-likeness (QED) is 0.540. The average molecular weight is 466 g/mol. The predicted molar refractivity (Wildman–Crippen MR) is 127 cm³/mol. The number of nitrogens with zero attached hydrogens (tertiary/aromatic N) is 4. The molecule has 0 unspecified atom stereocenters. The number of hydrogen-bond donors (Lipinski definition) is 2. The molecule has 1 atom stereocenters. The van der Waals surface area contributed by atoms with Gasteiger partial charge in [-0.1, -0.05) is 18.2 Å². The Kier molecular flexibility index (Phi) is 6.98. The van der Waals surface area contributed by atoms with Gasteiger partial charge in [-0.15, -0.1) is 0 Å². The lowest BCUT2D eigenvalue weighted by Crippen LogP contribution is -2.57. The number of pyridine rings is 2. The Labute approximate surface area is 197 Å². The molecule has 0 aliphatic carbocycles. The highest BCUT2D eigenvalue weighted by molar-refractivity contribution is 5.93. The summed E-state index contributed by atoms with van der Waals surface area (Å²) < 4.78 is 16.7. The number of anilines is 2. The van der Waals surface area contributed by atoms with Gasteiger partial charge in [-0.2, -0.15) is 0 Å². The molecule has 3 N–H and O–H groups in total. The summed E-state index contributed by atoms with van der Waals surface area (Å²) in [5, 5.41) is 10.0. The van der Waals surface area contributed by atoms with Gasteiger partial charge in [-0.3, -0.25) is 4.79 Å². The maximum Gasteiger partial charge on any atom is 0.273 e. The van der Waals surface area contributed by atoms with E-state index in [-0.39, 0.29) is 18.2 Å². The van der Waals surface area contributed by atoms with Crippen LogP contribution in [0, 0.1) is 0 Å². The summed E-state index contributed by atoms with van der Waals surface area (Å²) in [4.78, 5) is 25.4. The van der Waals surface area contributed by atoms with Crippen molar-refractivity contribution in [2.45, 2.75) is 6.04 Å². The molecule has 10 heteroatoms. The molecular formula is C24H27N5O5. The van der Waals surface area contributed by atoms with Gasteiger partial charge in [0.05, 0.1) is 44.9 Å². The Bertz CT molecular complexity index is 1140. The number of para-hydroxylation sites is 1. The van der Waals surface area contributed by atoms with E-state index in [1.54, 1.807) is 30.3 Å². The van der Waals surface area contributed by atoms with E-state index < -0.39 is 6.04 Å². The molecule has 3 heterocycles. The molecule has 10 nitrogen and oxygen atoms in total. The van der Waals surface area contributed by atoms with E-state index in [2.05, 4.69) is 9.97 Å². The first kappa shape index (κ1) is 23.1. The first-order chi connectivity index (χ1) is 16.5. The van der Waals surface area contributed by atoms with Crippen molar-refractivity contribution in [3.8, 4) is 23.0 Å². The van der Waals surface area contributed by atoms with Gasteiger partial charge in [-0.25, -0.2) is 9.97 Å². The molecule has 0 spiro atoms. The highest BCUT2D eigenvalue weighted by Gasteiger charge is 2.33. The number of carbonyl (C=O) groups is 1. The predicted octanol–water partition coefficient (Wildman–Crippen LogP) is 2.19. The van der Waals surface area contributed by atoms with E-state index in [9.17, 15) is 9.90 Å². The summed E-state index contributed by atoms with van der Waals surface area (Å²) in [6.45, 7) is 1.09. The van der Waals surface area contributed by atoms with Gasteiger partial charge in [0, 0.05) is 31.8 Å². The van der Waals surface area contributed by atoms with Crippen molar-refractivity contribution < 1.29 is 24.1 Å². The minimum atomic E-state index is -0.448. The number of aliphatic hydroxyl groups excluding tert-OH is 1.